The van der Waals surface area contributed by atoms with Gasteiger partial charge in [0.05, 0.1) is 23.1 Å². The van der Waals surface area contributed by atoms with E-state index in [0.29, 0.717) is 11.3 Å². The summed E-state index contributed by atoms with van der Waals surface area (Å²) >= 11 is 0. The van der Waals surface area contributed by atoms with Gasteiger partial charge in [0.15, 0.2) is 0 Å². The summed E-state index contributed by atoms with van der Waals surface area (Å²) in [5.74, 6) is -0.183. The average molecular weight is 253 g/mol. The fourth-order valence-corrected chi connectivity index (χ4v) is 1.66. The number of amides is 1. The van der Waals surface area contributed by atoms with E-state index in [9.17, 15) is 4.79 Å². The molecule has 0 fully saturated rings. The molecule has 0 saturated heterocycles. The largest absolute Gasteiger partial charge is 0.359 e. The number of aromatic nitrogens is 1. The molecule has 96 valence electrons. The molecule has 0 bridgehead atoms. The van der Waals surface area contributed by atoms with E-state index in [0.717, 1.165) is 11.4 Å². The molecule has 0 atom stereocenters. The molecule has 0 aliphatic rings. The third-order valence-electron chi connectivity index (χ3n) is 2.44. The van der Waals surface area contributed by atoms with E-state index in [4.69, 9.17) is 0 Å². The number of anilines is 2. The van der Waals surface area contributed by atoms with Gasteiger partial charge in [-0.3, -0.25) is 9.78 Å². The minimum absolute atomic E-state index is 0.183. The number of carbonyl (C=O) groups is 1. The highest BCUT2D eigenvalue weighted by molar-refractivity contribution is 6.08. The number of para-hydroxylation sites is 1. The van der Waals surface area contributed by atoms with E-state index in [1.165, 1.54) is 0 Å². The molecule has 0 aliphatic heterocycles. The Morgan fingerprint density at radius 1 is 1.16 bits per heavy atom. The summed E-state index contributed by atoms with van der Waals surface area (Å²) in [5, 5.41) is 5.87. The predicted molar refractivity (Wildman–Crippen MR) is 77.1 cm³/mol. The number of hydrogen-bond acceptors (Lipinski definition) is 3. The van der Waals surface area contributed by atoms with Crippen molar-refractivity contribution >= 4 is 17.3 Å². The predicted octanol–water partition coefficient (Wildman–Crippen LogP) is 3.28. The van der Waals surface area contributed by atoms with Gasteiger partial charge in [-0.25, -0.2) is 0 Å². The summed E-state index contributed by atoms with van der Waals surface area (Å²) < 4.78 is 0. The molecule has 0 unspecified atom stereocenters. The molecule has 0 spiro atoms. The van der Waals surface area contributed by atoms with E-state index < -0.39 is 0 Å². The van der Waals surface area contributed by atoms with Crippen molar-refractivity contribution in [1.82, 2.24) is 4.98 Å². The molecule has 0 aliphatic carbocycles. The lowest BCUT2D eigenvalue weighted by Gasteiger charge is -2.11. The first kappa shape index (κ1) is 12.8. The van der Waals surface area contributed by atoms with E-state index in [1.807, 2.05) is 25.1 Å². The van der Waals surface area contributed by atoms with Crippen molar-refractivity contribution in [1.29, 1.82) is 0 Å². The lowest BCUT2D eigenvalue weighted by Crippen LogP contribution is -2.14. The molecule has 4 heteroatoms. The summed E-state index contributed by atoms with van der Waals surface area (Å²) in [5.41, 5.74) is 2.74. The lowest BCUT2D eigenvalue weighted by atomic mass is 10.1. The van der Waals surface area contributed by atoms with Gasteiger partial charge in [-0.15, -0.1) is 0 Å². The quantitative estimate of drug-likeness (QED) is 0.879. The zero-order valence-corrected chi connectivity index (χ0v) is 10.7. The number of hydrogen-bond donors (Lipinski definition) is 2. The fraction of sp³-hybridized carbons (Fsp3) is 0.0667. The third-order valence-corrected chi connectivity index (χ3v) is 2.44. The molecule has 1 heterocycles. The second-order valence-electron chi connectivity index (χ2n) is 4.15. The Bertz CT molecular complexity index is 593. The first-order valence-corrected chi connectivity index (χ1v) is 5.90. The van der Waals surface area contributed by atoms with Crippen LogP contribution in [-0.2, 0) is 0 Å². The average Bonchev–Trinajstić information content (AvgIpc) is 2.39. The summed E-state index contributed by atoms with van der Waals surface area (Å²) in [4.78, 5) is 16.2. The van der Waals surface area contributed by atoms with Crippen LogP contribution in [0.25, 0.3) is 0 Å². The van der Waals surface area contributed by atoms with Crippen LogP contribution in [0.15, 0.2) is 61.1 Å². The topological polar surface area (TPSA) is 54.0 Å². The second-order valence-corrected chi connectivity index (χ2v) is 4.15. The van der Waals surface area contributed by atoms with Crippen LogP contribution in [0.1, 0.15) is 17.3 Å². The minimum atomic E-state index is -0.183. The van der Waals surface area contributed by atoms with Gasteiger partial charge in [-0.05, 0) is 31.2 Å². The van der Waals surface area contributed by atoms with E-state index >= 15 is 0 Å². The molecule has 2 N–H and O–H groups in total. The Kier molecular flexibility index (Phi) is 3.93. The molecule has 1 aromatic carbocycles. The Labute approximate surface area is 112 Å². The van der Waals surface area contributed by atoms with Crippen LogP contribution in [0.4, 0.5) is 11.4 Å². The number of benzene rings is 1. The van der Waals surface area contributed by atoms with Gasteiger partial charge in [0.2, 0.25) is 0 Å². The molecule has 1 amide bonds. The van der Waals surface area contributed by atoms with Crippen molar-refractivity contribution in [3.8, 4) is 0 Å². The standard InChI is InChI=1S/C15H15N3O/c1-11(2)17-14-8-4-3-7-13(14)15(19)18-12-6-5-9-16-10-12/h3-10,17H,1H2,2H3,(H,18,19). The van der Waals surface area contributed by atoms with Gasteiger partial charge in [-0.1, -0.05) is 18.7 Å². The lowest BCUT2D eigenvalue weighted by molar-refractivity contribution is 0.102. The SMILES string of the molecule is C=C(C)Nc1ccccc1C(=O)Nc1cccnc1. The molecule has 1 aromatic heterocycles. The molecule has 0 saturated carbocycles. The molecular weight excluding hydrogens is 238 g/mol. The van der Waals surface area contributed by atoms with Crippen molar-refractivity contribution in [3.63, 3.8) is 0 Å². The Balaban J connectivity index is 2.21. The number of rotatable bonds is 4. The minimum Gasteiger partial charge on any atom is -0.359 e. The molecule has 2 rings (SSSR count). The van der Waals surface area contributed by atoms with Crippen LogP contribution in [0, 0.1) is 0 Å². The van der Waals surface area contributed by atoms with Crippen molar-refractivity contribution in [2.75, 3.05) is 10.6 Å². The highest BCUT2D eigenvalue weighted by Gasteiger charge is 2.10. The smallest absolute Gasteiger partial charge is 0.257 e. The maximum Gasteiger partial charge on any atom is 0.257 e. The summed E-state index contributed by atoms with van der Waals surface area (Å²) in [7, 11) is 0. The van der Waals surface area contributed by atoms with Crippen molar-refractivity contribution in [2.24, 2.45) is 0 Å². The summed E-state index contributed by atoms with van der Waals surface area (Å²) in [6.07, 6.45) is 3.26. The van der Waals surface area contributed by atoms with Crippen LogP contribution in [0.5, 0.6) is 0 Å². The van der Waals surface area contributed by atoms with Crippen LogP contribution in [0.2, 0.25) is 0 Å². The van der Waals surface area contributed by atoms with E-state index in [2.05, 4.69) is 22.2 Å². The first-order valence-electron chi connectivity index (χ1n) is 5.90. The van der Waals surface area contributed by atoms with Crippen LogP contribution in [0.3, 0.4) is 0 Å². The number of nitrogens with zero attached hydrogens (tertiary/aromatic N) is 1. The van der Waals surface area contributed by atoms with Gasteiger partial charge in [0, 0.05) is 11.9 Å². The molecule has 0 radical (unpaired) electrons. The Morgan fingerprint density at radius 3 is 2.63 bits per heavy atom. The van der Waals surface area contributed by atoms with Gasteiger partial charge in [0.25, 0.3) is 5.91 Å². The van der Waals surface area contributed by atoms with Crippen LogP contribution in [-0.4, -0.2) is 10.9 Å². The number of pyridine rings is 1. The molecule has 19 heavy (non-hydrogen) atoms. The summed E-state index contributed by atoms with van der Waals surface area (Å²) in [6, 6.07) is 10.9. The Morgan fingerprint density at radius 2 is 1.95 bits per heavy atom. The van der Waals surface area contributed by atoms with Crippen LogP contribution >= 0.6 is 0 Å². The van der Waals surface area contributed by atoms with E-state index in [1.54, 1.807) is 30.6 Å². The van der Waals surface area contributed by atoms with Crippen molar-refractivity contribution in [2.45, 2.75) is 6.92 Å². The molecule has 4 nitrogen and oxygen atoms in total. The summed E-state index contributed by atoms with van der Waals surface area (Å²) in [6.45, 7) is 5.63. The Hall–Kier alpha value is -2.62. The van der Waals surface area contributed by atoms with Crippen molar-refractivity contribution < 1.29 is 4.79 Å². The van der Waals surface area contributed by atoms with Crippen LogP contribution < -0.4 is 10.6 Å². The number of carbonyl (C=O) groups excluding carboxylic acids is 1. The first-order chi connectivity index (χ1) is 9.16. The van der Waals surface area contributed by atoms with E-state index in [-0.39, 0.29) is 5.91 Å². The van der Waals surface area contributed by atoms with Crippen molar-refractivity contribution in [3.05, 3.63) is 66.6 Å². The zero-order valence-electron chi connectivity index (χ0n) is 10.7. The second kappa shape index (κ2) is 5.82. The van der Waals surface area contributed by atoms with Gasteiger partial charge >= 0.3 is 0 Å². The van der Waals surface area contributed by atoms with Gasteiger partial charge in [0.1, 0.15) is 0 Å². The zero-order chi connectivity index (χ0) is 13.7. The maximum absolute atomic E-state index is 12.2. The highest BCUT2D eigenvalue weighted by atomic mass is 16.1. The fourth-order valence-electron chi connectivity index (χ4n) is 1.66. The van der Waals surface area contributed by atoms with Gasteiger partial charge < -0.3 is 10.6 Å². The molecular formula is C15H15N3O. The van der Waals surface area contributed by atoms with Gasteiger partial charge in [-0.2, -0.15) is 0 Å². The highest BCUT2D eigenvalue weighted by Crippen LogP contribution is 2.18. The molecule has 2 aromatic rings. The maximum atomic E-state index is 12.2. The normalized spacial score (nSPS) is 9.74. The number of nitrogens with one attached hydrogen (secondary N) is 2. The number of allylic oxidation sites excluding steroid dienone is 1. The third kappa shape index (κ3) is 3.42. The monoisotopic (exact) mass is 253 g/mol.